The smallest absolute Gasteiger partial charge is 0.228 e. The summed E-state index contributed by atoms with van der Waals surface area (Å²) in [4.78, 5) is 15.7. The third-order valence-corrected chi connectivity index (χ3v) is 6.31. The lowest BCUT2D eigenvalue weighted by Crippen LogP contribution is -2.41. The van der Waals surface area contributed by atoms with Crippen molar-refractivity contribution in [3.8, 4) is 11.5 Å². The molecule has 0 spiro atoms. The number of hydrogen-bond donors (Lipinski definition) is 2. The zero-order valence-corrected chi connectivity index (χ0v) is 17.8. The number of nitrogens with two attached hydrogens (primary N) is 1. The van der Waals surface area contributed by atoms with E-state index in [2.05, 4.69) is 10.2 Å². The number of carbonyl (C=O) groups is 1. The van der Waals surface area contributed by atoms with E-state index < -0.39 is 0 Å². The number of methoxy groups -OCH3 is 2. The minimum absolute atomic E-state index is 0.0548. The van der Waals surface area contributed by atoms with Gasteiger partial charge in [0.1, 0.15) is 0 Å². The van der Waals surface area contributed by atoms with Crippen LogP contribution in [0.5, 0.6) is 11.5 Å². The van der Waals surface area contributed by atoms with Gasteiger partial charge in [0.2, 0.25) is 5.91 Å². The van der Waals surface area contributed by atoms with Crippen molar-refractivity contribution in [2.75, 3.05) is 39.6 Å². The third-order valence-electron chi connectivity index (χ3n) is 6.31. The second-order valence-corrected chi connectivity index (χ2v) is 8.19. The number of likely N-dealkylation sites (tertiary alicyclic amines) is 1. The molecule has 0 aliphatic carbocycles. The van der Waals surface area contributed by atoms with Crippen molar-refractivity contribution in [2.45, 2.75) is 37.6 Å². The van der Waals surface area contributed by atoms with Crippen molar-refractivity contribution in [2.24, 2.45) is 0 Å². The van der Waals surface area contributed by atoms with Gasteiger partial charge < -0.3 is 25.4 Å². The van der Waals surface area contributed by atoms with Gasteiger partial charge in [-0.1, -0.05) is 18.6 Å². The highest BCUT2D eigenvalue weighted by molar-refractivity contribution is 5.87. The fourth-order valence-electron chi connectivity index (χ4n) is 4.71. The van der Waals surface area contributed by atoms with E-state index in [0.29, 0.717) is 17.2 Å². The first kappa shape index (κ1) is 20.5. The number of rotatable bonds is 6. The largest absolute Gasteiger partial charge is 0.493 e. The standard InChI is InChI=1S/C24H31N3O3/c1-29-21-14-19-18(9-12-27-10-4-3-5-11-27)24(28)26-23(20(19)15-22(21)30-2)16-7-6-8-17(25)13-16/h6-8,13-15,18,23H,3-5,9-12,25H2,1-2H3,(H,26,28). The molecule has 4 rings (SSSR count). The number of ether oxygens (including phenoxy) is 2. The zero-order chi connectivity index (χ0) is 21.1. The SMILES string of the molecule is COc1cc2c(cc1OC)C(c1cccc(N)c1)NC(=O)C2CCN1CCCCC1. The van der Waals surface area contributed by atoms with Crippen molar-refractivity contribution >= 4 is 11.6 Å². The molecule has 2 aliphatic heterocycles. The van der Waals surface area contributed by atoms with Gasteiger partial charge >= 0.3 is 0 Å². The Morgan fingerprint density at radius 1 is 1.03 bits per heavy atom. The van der Waals surface area contributed by atoms with E-state index in [1.54, 1.807) is 14.2 Å². The maximum absolute atomic E-state index is 13.2. The number of benzene rings is 2. The van der Waals surface area contributed by atoms with E-state index in [1.807, 2.05) is 36.4 Å². The number of fused-ring (bicyclic) bond motifs is 1. The molecule has 1 saturated heterocycles. The summed E-state index contributed by atoms with van der Waals surface area (Å²) in [5.41, 5.74) is 9.72. The van der Waals surface area contributed by atoms with Crippen molar-refractivity contribution < 1.29 is 14.3 Å². The lowest BCUT2D eigenvalue weighted by atomic mass is 9.81. The van der Waals surface area contributed by atoms with Crippen LogP contribution in [0.2, 0.25) is 0 Å². The molecule has 1 fully saturated rings. The number of nitrogens with one attached hydrogen (secondary N) is 1. The van der Waals surface area contributed by atoms with Gasteiger partial charge in [0, 0.05) is 5.69 Å². The number of carbonyl (C=O) groups excluding carboxylic acids is 1. The van der Waals surface area contributed by atoms with E-state index >= 15 is 0 Å². The second kappa shape index (κ2) is 8.96. The predicted octanol–water partition coefficient (Wildman–Crippen LogP) is 3.46. The van der Waals surface area contributed by atoms with E-state index in [-0.39, 0.29) is 17.9 Å². The molecular weight excluding hydrogens is 378 g/mol. The summed E-state index contributed by atoms with van der Waals surface area (Å²) >= 11 is 0. The molecule has 2 atom stereocenters. The zero-order valence-electron chi connectivity index (χ0n) is 17.8. The van der Waals surface area contributed by atoms with Crippen LogP contribution in [0.15, 0.2) is 36.4 Å². The van der Waals surface area contributed by atoms with Crippen molar-refractivity contribution in [3.63, 3.8) is 0 Å². The average Bonchev–Trinajstić information content (AvgIpc) is 2.77. The van der Waals surface area contributed by atoms with Gasteiger partial charge in [-0.25, -0.2) is 0 Å². The van der Waals surface area contributed by atoms with Gasteiger partial charge in [-0.15, -0.1) is 0 Å². The number of piperidine rings is 1. The summed E-state index contributed by atoms with van der Waals surface area (Å²) in [6, 6.07) is 11.4. The van der Waals surface area contributed by atoms with E-state index in [9.17, 15) is 4.79 Å². The molecule has 0 radical (unpaired) electrons. The van der Waals surface area contributed by atoms with Crippen LogP contribution < -0.4 is 20.5 Å². The summed E-state index contributed by atoms with van der Waals surface area (Å²) < 4.78 is 11.1. The molecule has 6 heteroatoms. The van der Waals surface area contributed by atoms with Gasteiger partial charge in [0.05, 0.1) is 26.2 Å². The maximum atomic E-state index is 13.2. The molecule has 0 saturated carbocycles. The van der Waals surface area contributed by atoms with E-state index in [1.165, 1.54) is 19.3 Å². The molecule has 0 bridgehead atoms. The molecular formula is C24H31N3O3. The van der Waals surface area contributed by atoms with Crippen LogP contribution in [-0.4, -0.2) is 44.7 Å². The van der Waals surface area contributed by atoms with Crippen molar-refractivity contribution in [3.05, 3.63) is 53.1 Å². The summed E-state index contributed by atoms with van der Waals surface area (Å²) in [7, 11) is 3.26. The third kappa shape index (κ3) is 4.10. The number of nitrogen functional groups attached to an aromatic ring is 1. The molecule has 160 valence electrons. The summed E-state index contributed by atoms with van der Waals surface area (Å²) in [6.45, 7) is 3.17. The highest BCUT2D eigenvalue weighted by Crippen LogP contribution is 2.42. The molecule has 3 N–H and O–H groups in total. The molecule has 0 aromatic heterocycles. The van der Waals surface area contributed by atoms with Crippen LogP contribution in [0.4, 0.5) is 5.69 Å². The number of hydrogen-bond acceptors (Lipinski definition) is 5. The first-order chi connectivity index (χ1) is 14.6. The average molecular weight is 410 g/mol. The Bertz CT molecular complexity index is 909. The van der Waals surface area contributed by atoms with Crippen LogP contribution in [0.1, 0.15) is 54.3 Å². The van der Waals surface area contributed by atoms with Crippen LogP contribution in [0.3, 0.4) is 0 Å². The summed E-state index contributed by atoms with van der Waals surface area (Å²) in [6.07, 6.45) is 4.59. The van der Waals surface area contributed by atoms with Crippen LogP contribution in [-0.2, 0) is 4.79 Å². The normalized spacial score (nSPS) is 21.6. The van der Waals surface area contributed by atoms with Gasteiger partial charge in [0.15, 0.2) is 11.5 Å². The van der Waals surface area contributed by atoms with Gasteiger partial charge in [0.25, 0.3) is 0 Å². The highest BCUT2D eigenvalue weighted by Gasteiger charge is 2.35. The molecule has 2 unspecified atom stereocenters. The van der Waals surface area contributed by atoms with Crippen molar-refractivity contribution in [1.82, 2.24) is 10.2 Å². The van der Waals surface area contributed by atoms with E-state index in [0.717, 1.165) is 42.7 Å². The Morgan fingerprint density at radius 3 is 2.40 bits per heavy atom. The molecule has 2 aromatic carbocycles. The Kier molecular flexibility index (Phi) is 6.13. The monoisotopic (exact) mass is 409 g/mol. The highest BCUT2D eigenvalue weighted by atomic mass is 16.5. The summed E-state index contributed by atoms with van der Waals surface area (Å²) in [5.74, 6) is 1.16. The molecule has 1 amide bonds. The van der Waals surface area contributed by atoms with E-state index in [4.69, 9.17) is 15.2 Å². The lowest BCUT2D eigenvalue weighted by Gasteiger charge is -2.35. The Labute approximate surface area is 178 Å². The summed E-state index contributed by atoms with van der Waals surface area (Å²) in [5, 5.41) is 3.23. The number of amides is 1. The maximum Gasteiger partial charge on any atom is 0.228 e. The lowest BCUT2D eigenvalue weighted by molar-refractivity contribution is -0.124. The van der Waals surface area contributed by atoms with Crippen LogP contribution in [0.25, 0.3) is 0 Å². The number of anilines is 1. The molecule has 6 nitrogen and oxygen atoms in total. The Morgan fingerprint density at radius 2 is 1.73 bits per heavy atom. The molecule has 2 aromatic rings. The second-order valence-electron chi connectivity index (χ2n) is 8.19. The molecule has 2 aliphatic rings. The van der Waals surface area contributed by atoms with Crippen molar-refractivity contribution in [1.29, 1.82) is 0 Å². The molecule has 2 heterocycles. The molecule has 30 heavy (non-hydrogen) atoms. The Hall–Kier alpha value is -2.73. The number of nitrogens with zero attached hydrogens (tertiary/aromatic N) is 1. The first-order valence-corrected chi connectivity index (χ1v) is 10.7. The minimum Gasteiger partial charge on any atom is -0.493 e. The topological polar surface area (TPSA) is 76.8 Å². The first-order valence-electron chi connectivity index (χ1n) is 10.7. The van der Waals surface area contributed by atoms with Crippen LogP contribution in [0, 0.1) is 0 Å². The van der Waals surface area contributed by atoms with Crippen LogP contribution >= 0.6 is 0 Å². The van der Waals surface area contributed by atoms with Gasteiger partial charge in [-0.2, -0.15) is 0 Å². The minimum atomic E-state index is -0.262. The Balaban J connectivity index is 1.71. The predicted molar refractivity (Wildman–Crippen MR) is 118 cm³/mol. The fraction of sp³-hybridized carbons (Fsp3) is 0.458. The van der Waals surface area contributed by atoms with Gasteiger partial charge in [-0.3, -0.25) is 4.79 Å². The quantitative estimate of drug-likeness (QED) is 0.715. The van der Waals surface area contributed by atoms with Gasteiger partial charge in [-0.05, 0) is 79.9 Å². The fourth-order valence-corrected chi connectivity index (χ4v) is 4.71.